The maximum atomic E-state index is 5.59. The zero-order valence-corrected chi connectivity index (χ0v) is 11.0. The number of nitrogens with zero attached hydrogens (tertiary/aromatic N) is 2. The summed E-state index contributed by atoms with van der Waals surface area (Å²) in [6.07, 6.45) is 0. The highest BCUT2D eigenvalue weighted by Crippen LogP contribution is 2.21. The van der Waals surface area contributed by atoms with Gasteiger partial charge < -0.3 is 16.5 Å². The summed E-state index contributed by atoms with van der Waals surface area (Å²) in [5.41, 5.74) is 10.3. The topological polar surface area (TPSA) is 102 Å². The molecule has 2 rings (SSSR count). The molecule has 6 heteroatoms. The number of nitrogens with two attached hydrogens (primary N) is 2. The number of anilines is 4. The van der Waals surface area contributed by atoms with Crippen molar-refractivity contribution >= 4 is 23.3 Å². The second-order valence-electron chi connectivity index (χ2n) is 4.54. The van der Waals surface area contributed by atoms with Crippen LogP contribution in [0.5, 0.6) is 0 Å². The third kappa shape index (κ3) is 3.32. The maximum absolute atomic E-state index is 5.59. The number of hydrogen-bond acceptors (Lipinski definition) is 6. The van der Waals surface area contributed by atoms with Crippen molar-refractivity contribution in [2.75, 3.05) is 16.5 Å². The van der Waals surface area contributed by atoms with Gasteiger partial charge in [-0.25, -0.2) is 5.84 Å². The Morgan fingerprint density at radius 1 is 1.05 bits per heavy atom. The molecule has 0 bridgehead atoms. The van der Waals surface area contributed by atoms with E-state index in [1.165, 1.54) is 5.56 Å². The third-order valence-electron chi connectivity index (χ3n) is 2.74. The zero-order valence-electron chi connectivity index (χ0n) is 11.0. The number of hydrogen-bond donors (Lipinski definition) is 4. The van der Waals surface area contributed by atoms with E-state index in [1.54, 1.807) is 6.07 Å². The van der Waals surface area contributed by atoms with E-state index in [2.05, 4.69) is 46.7 Å². The van der Waals surface area contributed by atoms with Gasteiger partial charge in [0.05, 0.1) is 0 Å². The van der Waals surface area contributed by atoms with Crippen LogP contribution in [0.3, 0.4) is 0 Å². The molecule has 0 unspecified atom stereocenters. The molecule has 6 nitrogen and oxygen atoms in total. The fourth-order valence-corrected chi connectivity index (χ4v) is 1.70. The smallest absolute Gasteiger partial charge is 0.223 e. The molecule has 0 aliphatic rings. The van der Waals surface area contributed by atoms with Crippen LogP contribution in [-0.4, -0.2) is 9.97 Å². The normalized spacial score (nSPS) is 10.5. The Bertz CT molecular complexity index is 550. The fourth-order valence-electron chi connectivity index (χ4n) is 1.70. The molecule has 0 aliphatic carbocycles. The predicted molar refractivity (Wildman–Crippen MR) is 78.1 cm³/mol. The van der Waals surface area contributed by atoms with Gasteiger partial charge in [-0.2, -0.15) is 9.97 Å². The lowest BCUT2D eigenvalue weighted by molar-refractivity contribution is 0.867. The van der Waals surface area contributed by atoms with Crippen molar-refractivity contribution in [2.45, 2.75) is 19.8 Å². The van der Waals surface area contributed by atoms with Crippen molar-refractivity contribution in [1.29, 1.82) is 0 Å². The lowest BCUT2D eigenvalue weighted by Gasteiger charge is -2.10. The second kappa shape index (κ2) is 5.53. The van der Waals surface area contributed by atoms with Gasteiger partial charge >= 0.3 is 0 Å². The van der Waals surface area contributed by atoms with E-state index >= 15 is 0 Å². The van der Waals surface area contributed by atoms with Crippen molar-refractivity contribution in [3.63, 3.8) is 0 Å². The van der Waals surface area contributed by atoms with Crippen molar-refractivity contribution < 1.29 is 0 Å². The monoisotopic (exact) mass is 258 g/mol. The molecule has 0 saturated carbocycles. The Morgan fingerprint density at radius 3 is 2.26 bits per heavy atom. The minimum atomic E-state index is 0.164. The molecule has 1 aromatic heterocycles. The van der Waals surface area contributed by atoms with Gasteiger partial charge in [-0.15, -0.1) is 0 Å². The van der Waals surface area contributed by atoms with Gasteiger partial charge in [0.1, 0.15) is 11.6 Å². The number of hydrazine groups is 1. The summed E-state index contributed by atoms with van der Waals surface area (Å²) in [5, 5.41) is 3.16. The number of nitrogens with one attached hydrogen (secondary N) is 2. The highest BCUT2D eigenvalue weighted by molar-refractivity contribution is 5.60. The molecule has 0 radical (unpaired) electrons. The third-order valence-corrected chi connectivity index (χ3v) is 2.74. The SMILES string of the molecule is CC(C)c1ccc(Nc2cc(NN)nc(N)n2)cc1. The first-order valence-electron chi connectivity index (χ1n) is 6.06. The number of nitrogen functional groups attached to an aromatic ring is 2. The molecular formula is C13H18N6. The van der Waals surface area contributed by atoms with Crippen LogP contribution in [0.25, 0.3) is 0 Å². The van der Waals surface area contributed by atoms with Gasteiger partial charge in [0, 0.05) is 11.8 Å². The first-order valence-corrected chi connectivity index (χ1v) is 6.06. The molecular weight excluding hydrogens is 240 g/mol. The summed E-state index contributed by atoms with van der Waals surface area (Å²) >= 11 is 0. The van der Waals surface area contributed by atoms with Gasteiger partial charge in [0.25, 0.3) is 0 Å². The Balaban J connectivity index is 2.18. The molecule has 0 fully saturated rings. The zero-order chi connectivity index (χ0) is 13.8. The summed E-state index contributed by atoms with van der Waals surface area (Å²) in [6.45, 7) is 4.32. The summed E-state index contributed by atoms with van der Waals surface area (Å²) in [7, 11) is 0. The van der Waals surface area contributed by atoms with Crippen LogP contribution in [0.4, 0.5) is 23.3 Å². The van der Waals surface area contributed by atoms with E-state index in [1.807, 2.05) is 12.1 Å². The van der Waals surface area contributed by atoms with Crippen molar-refractivity contribution in [3.8, 4) is 0 Å². The average Bonchev–Trinajstić information content (AvgIpc) is 2.38. The highest BCUT2D eigenvalue weighted by Gasteiger charge is 2.03. The van der Waals surface area contributed by atoms with E-state index in [4.69, 9.17) is 11.6 Å². The molecule has 0 amide bonds. The van der Waals surface area contributed by atoms with E-state index < -0.39 is 0 Å². The molecule has 0 saturated heterocycles. The fraction of sp³-hybridized carbons (Fsp3) is 0.231. The maximum Gasteiger partial charge on any atom is 0.223 e. The van der Waals surface area contributed by atoms with E-state index in [0.29, 0.717) is 17.6 Å². The highest BCUT2D eigenvalue weighted by atomic mass is 15.3. The van der Waals surface area contributed by atoms with Gasteiger partial charge in [0.2, 0.25) is 5.95 Å². The van der Waals surface area contributed by atoms with Crippen LogP contribution in [0.1, 0.15) is 25.3 Å². The van der Waals surface area contributed by atoms with Gasteiger partial charge in [-0.05, 0) is 23.6 Å². The van der Waals surface area contributed by atoms with Crippen molar-refractivity contribution in [2.24, 2.45) is 5.84 Å². The Morgan fingerprint density at radius 2 is 1.68 bits per heavy atom. The minimum Gasteiger partial charge on any atom is -0.368 e. The molecule has 19 heavy (non-hydrogen) atoms. The summed E-state index contributed by atoms with van der Waals surface area (Å²) in [6, 6.07) is 9.86. The van der Waals surface area contributed by atoms with Gasteiger partial charge in [0.15, 0.2) is 0 Å². The van der Waals surface area contributed by atoms with Crippen molar-refractivity contribution in [3.05, 3.63) is 35.9 Å². The Labute approximate surface area is 112 Å². The van der Waals surface area contributed by atoms with Crippen LogP contribution in [-0.2, 0) is 0 Å². The van der Waals surface area contributed by atoms with E-state index in [-0.39, 0.29) is 5.95 Å². The van der Waals surface area contributed by atoms with E-state index in [9.17, 15) is 0 Å². The van der Waals surface area contributed by atoms with E-state index in [0.717, 1.165) is 5.69 Å². The molecule has 0 atom stereocenters. The second-order valence-corrected chi connectivity index (χ2v) is 4.54. The Hall–Kier alpha value is -2.34. The lowest BCUT2D eigenvalue weighted by Crippen LogP contribution is -2.11. The molecule has 1 heterocycles. The number of rotatable bonds is 4. The summed E-state index contributed by atoms with van der Waals surface area (Å²) in [4.78, 5) is 8.02. The van der Waals surface area contributed by atoms with Crippen molar-refractivity contribution in [1.82, 2.24) is 9.97 Å². The predicted octanol–water partition coefficient (Wildman–Crippen LogP) is 2.21. The summed E-state index contributed by atoms with van der Waals surface area (Å²) in [5.74, 6) is 7.05. The summed E-state index contributed by atoms with van der Waals surface area (Å²) < 4.78 is 0. The molecule has 2 aromatic rings. The number of benzene rings is 1. The van der Waals surface area contributed by atoms with Crippen LogP contribution in [0.15, 0.2) is 30.3 Å². The first-order chi connectivity index (χ1) is 9.08. The van der Waals surface area contributed by atoms with Gasteiger partial charge in [-0.3, -0.25) is 0 Å². The largest absolute Gasteiger partial charge is 0.368 e. The molecule has 0 aliphatic heterocycles. The lowest BCUT2D eigenvalue weighted by atomic mass is 10.0. The quantitative estimate of drug-likeness (QED) is 0.495. The van der Waals surface area contributed by atoms with Crippen LogP contribution in [0.2, 0.25) is 0 Å². The molecule has 100 valence electrons. The molecule has 1 aromatic carbocycles. The Kier molecular flexibility index (Phi) is 3.82. The van der Waals surface area contributed by atoms with Crippen LogP contribution >= 0.6 is 0 Å². The molecule has 6 N–H and O–H groups in total. The van der Waals surface area contributed by atoms with Crippen LogP contribution < -0.4 is 22.3 Å². The molecule has 0 spiro atoms. The minimum absolute atomic E-state index is 0.164. The van der Waals surface area contributed by atoms with Gasteiger partial charge in [-0.1, -0.05) is 26.0 Å². The van der Waals surface area contributed by atoms with Crippen LogP contribution in [0, 0.1) is 0 Å². The number of aromatic nitrogens is 2. The first kappa shape index (κ1) is 13.1. The average molecular weight is 258 g/mol. The standard InChI is InChI=1S/C13H18N6/c1-8(2)9-3-5-10(6-4-9)16-11-7-12(19-15)18-13(14)17-11/h3-8H,15H2,1-2H3,(H4,14,16,17,18,19).